The summed E-state index contributed by atoms with van der Waals surface area (Å²) < 4.78 is 5.84. The molecule has 0 spiro atoms. The van der Waals surface area contributed by atoms with Crippen molar-refractivity contribution < 1.29 is 4.74 Å². The Kier molecular flexibility index (Phi) is 6.00. The zero-order chi connectivity index (χ0) is 17.0. The van der Waals surface area contributed by atoms with Crippen LogP contribution in [0.4, 0.5) is 0 Å². The minimum Gasteiger partial charge on any atom is -0.490 e. The number of pyridine rings is 2. The van der Waals surface area contributed by atoms with Gasteiger partial charge in [0.15, 0.2) is 5.75 Å². The van der Waals surface area contributed by atoms with Crippen LogP contribution in [0.1, 0.15) is 38.4 Å². The van der Waals surface area contributed by atoms with Gasteiger partial charge in [0.05, 0.1) is 23.5 Å². The van der Waals surface area contributed by atoms with Crippen molar-refractivity contribution in [3.05, 3.63) is 40.8 Å². The molecule has 0 unspecified atom stereocenters. The molecule has 2 aromatic heterocycles. The van der Waals surface area contributed by atoms with Crippen LogP contribution in [0.2, 0.25) is 5.02 Å². The van der Waals surface area contributed by atoms with Gasteiger partial charge in [-0.25, -0.2) is 0 Å². The highest BCUT2D eigenvalue weighted by Gasteiger charge is 2.11. The summed E-state index contributed by atoms with van der Waals surface area (Å²) in [7, 11) is 0. The van der Waals surface area contributed by atoms with Gasteiger partial charge in [-0.05, 0) is 49.8 Å². The maximum absolute atomic E-state index is 6.38. The quantitative estimate of drug-likeness (QED) is 0.703. The third-order valence-corrected chi connectivity index (χ3v) is 4.24. The fourth-order valence-electron chi connectivity index (χ4n) is 2.69. The van der Waals surface area contributed by atoms with E-state index in [-0.39, 0.29) is 0 Å². The number of halogens is 1. The van der Waals surface area contributed by atoms with Crippen LogP contribution in [0.15, 0.2) is 24.5 Å². The van der Waals surface area contributed by atoms with E-state index in [9.17, 15) is 0 Å². The second-order valence-corrected chi connectivity index (χ2v) is 7.02. The zero-order valence-electron chi connectivity index (χ0n) is 14.6. The standard InChI is InChI=1S/C19H25ClN2O/c1-12(2)8-13(3)11-23-19-10-22-18(9-17(19)20)16-6-7-21-15(5)14(16)4/h6-7,9-10,12-13H,8,11H2,1-5H3/t13-/m0/s1. The summed E-state index contributed by atoms with van der Waals surface area (Å²) in [5.41, 5.74) is 4.03. The molecule has 23 heavy (non-hydrogen) atoms. The lowest BCUT2D eigenvalue weighted by Gasteiger charge is -2.16. The Bertz CT molecular complexity index is 670. The Morgan fingerprint density at radius 3 is 2.57 bits per heavy atom. The van der Waals surface area contributed by atoms with Gasteiger partial charge in [0, 0.05) is 17.5 Å². The van der Waals surface area contributed by atoms with Crippen LogP contribution in [0.3, 0.4) is 0 Å². The van der Waals surface area contributed by atoms with Crippen LogP contribution in [0.5, 0.6) is 5.75 Å². The van der Waals surface area contributed by atoms with Gasteiger partial charge in [-0.2, -0.15) is 0 Å². The summed E-state index contributed by atoms with van der Waals surface area (Å²) in [6.07, 6.45) is 4.65. The average molecular weight is 333 g/mol. The van der Waals surface area contributed by atoms with E-state index in [0.29, 0.717) is 29.2 Å². The molecule has 2 rings (SSSR count). The minimum atomic E-state index is 0.496. The van der Waals surface area contributed by atoms with Crippen molar-refractivity contribution in [3.63, 3.8) is 0 Å². The smallest absolute Gasteiger partial charge is 0.156 e. The van der Waals surface area contributed by atoms with Crippen molar-refractivity contribution in [2.45, 2.75) is 41.0 Å². The van der Waals surface area contributed by atoms with Crippen molar-refractivity contribution in [2.24, 2.45) is 11.8 Å². The lowest BCUT2D eigenvalue weighted by Crippen LogP contribution is -2.11. The molecule has 0 aliphatic rings. The highest BCUT2D eigenvalue weighted by atomic mass is 35.5. The molecule has 0 aliphatic carbocycles. The third kappa shape index (κ3) is 4.68. The van der Waals surface area contributed by atoms with E-state index in [1.54, 1.807) is 12.4 Å². The maximum atomic E-state index is 6.38. The van der Waals surface area contributed by atoms with Crippen molar-refractivity contribution in [2.75, 3.05) is 6.61 Å². The molecule has 0 radical (unpaired) electrons. The van der Waals surface area contributed by atoms with E-state index >= 15 is 0 Å². The SMILES string of the molecule is Cc1nccc(-c2cc(Cl)c(OC[C@@H](C)CC(C)C)cn2)c1C. The summed E-state index contributed by atoms with van der Waals surface area (Å²) >= 11 is 6.38. The van der Waals surface area contributed by atoms with Crippen molar-refractivity contribution in [1.29, 1.82) is 0 Å². The van der Waals surface area contributed by atoms with Crippen LogP contribution < -0.4 is 4.74 Å². The van der Waals surface area contributed by atoms with Gasteiger partial charge in [-0.3, -0.25) is 9.97 Å². The first-order chi connectivity index (χ1) is 10.9. The van der Waals surface area contributed by atoms with Crippen molar-refractivity contribution in [3.8, 4) is 17.0 Å². The minimum absolute atomic E-state index is 0.496. The van der Waals surface area contributed by atoms with Gasteiger partial charge < -0.3 is 4.74 Å². The summed E-state index contributed by atoms with van der Waals surface area (Å²) in [5, 5.41) is 0.598. The lowest BCUT2D eigenvalue weighted by molar-refractivity contribution is 0.238. The van der Waals surface area contributed by atoms with E-state index in [1.807, 2.05) is 26.0 Å². The number of aryl methyl sites for hydroxylation is 1. The second kappa shape index (κ2) is 7.78. The largest absolute Gasteiger partial charge is 0.490 e. The molecule has 1 atom stereocenters. The van der Waals surface area contributed by atoms with E-state index in [1.165, 1.54) is 0 Å². The average Bonchev–Trinajstić information content (AvgIpc) is 2.48. The Morgan fingerprint density at radius 1 is 1.17 bits per heavy atom. The molecule has 4 heteroatoms. The highest BCUT2D eigenvalue weighted by Crippen LogP contribution is 2.30. The Labute approximate surface area is 144 Å². The Morgan fingerprint density at radius 2 is 1.91 bits per heavy atom. The molecule has 0 aromatic carbocycles. The first kappa shape index (κ1) is 17.7. The first-order valence-corrected chi connectivity index (χ1v) is 8.47. The molecule has 0 N–H and O–H groups in total. The number of aromatic nitrogens is 2. The predicted octanol–water partition coefficient (Wildman–Crippen LogP) is 5.47. The number of ether oxygens (including phenoxy) is 1. The zero-order valence-corrected chi connectivity index (χ0v) is 15.3. The summed E-state index contributed by atoms with van der Waals surface area (Å²) in [6, 6.07) is 3.83. The van der Waals surface area contributed by atoms with E-state index < -0.39 is 0 Å². The number of hydrogen-bond donors (Lipinski definition) is 0. The Balaban J connectivity index is 2.13. The van der Waals surface area contributed by atoms with E-state index in [0.717, 1.165) is 28.9 Å². The molecule has 0 amide bonds. The van der Waals surface area contributed by atoms with Crippen LogP contribution in [-0.2, 0) is 0 Å². The molecule has 0 saturated carbocycles. The van der Waals surface area contributed by atoms with Crippen LogP contribution in [-0.4, -0.2) is 16.6 Å². The van der Waals surface area contributed by atoms with Crippen LogP contribution >= 0.6 is 11.6 Å². The number of rotatable bonds is 6. The van der Waals surface area contributed by atoms with Gasteiger partial charge in [0.2, 0.25) is 0 Å². The molecule has 124 valence electrons. The maximum Gasteiger partial charge on any atom is 0.156 e. The topological polar surface area (TPSA) is 35.0 Å². The molecule has 3 nitrogen and oxygen atoms in total. The summed E-state index contributed by atoms with van der Waals surface area (Å²) in [6.45, 7) is 11.3. The molecule has 0 fully saturated rings. The lowest BCUT2D eigenvalue weighted by atomic mass is 10.00. The van der Waals surface area contributed by atoms with Gasteiger partial charge in [0.25, 0.3) is 0 Å². The number of hydrogen-bond acceptors (Lipinski definition) is 3. The van der Waals surface area contributed by atoms with Crippen LogP contribution in [0.25, 0.3) is 11.3 Å². The van der Waals surface area contributed by atoms with Crippen molar-refractivity contribution >= 4 is 11.6 Å². The van der Waals surface area contributed by atoms with Gasteiger partial charge in [0.1, 0.15) is 0 Å². The fraction of sp³-hybridized carbons (Fsp3) is 0.474. The predicted molar refractivity (Wildman–Crippen MR) is 96.1 cm³/mol. The van der Waals surface area contributed by atoms with E-state index in [2.05, 4.69) is 30.7 Å². The molecule has 0 saturated heterocycles. The highest BCUT2D eigenvalue weighted by molar-refractivity contribution is 6.32. The van der Waals surface area contributed by atoms with Gasteiger partial charge in [-0.1, -0.05) is 32.4 Å². The molecular weight excluding hydrogens is 308 g/mol. The first-order valence-electron chi connectivity index (χ1n) is 8.09. The number of nitrogens with zero attached hydrogens (tertiary/aromatic N) is 2. The monoisotopic (exact) mass is 332 g/mol. The molecule has 2 aromatic rings. The second-order valence-electron chi connectivity index (χ2n) is 6.61. The van der Waals surface area contributed by atoms with Crippen LogP contribution in [0, 0.1) is 25.7 Å². The molecule has 0 aliphatic heterocycles. The summed E-state index contributed by atoms with van der Waals surface area (Å²) in [4.78, 5) is 8.81. The van der Waals surface area contributed by atoms with Gasteiger partial charge in [-0.15, -0.1) is 0 Å². The van der Waals surface area contributed by atoms with Crippen molar-refractivity contribution in [1.82, 2.24) is 9.97 Å². The fourth-order valence-corrected chi connectivity index (χ4v) is 2.90. The van der Waals surface area contributed by atoms with Gasteiger partial charge >= 0.3 is 0 Å². The molecular formula is C19H25ClN2O. The third-order valence-electron chi connectivity index (χ3n) is 3.95. The summed E-state index contributed by atoms with van der Waals surface area (Å²) in [5.74, 6) is 1.81. The normalized spacial score (nSPS) is 12.5. The molecule has 2 heterocycles. The van der Waals surface area contributed by atoms with E-state index in [4.69, 9.17) is 16.3 Å². The Hall–Kier alpha value is -1.61. The molecule has 0 bridgehead atoms.